The third-order valence-corrected chi connectivity index (χ3v) is 2.55. The highest BCUT2D eigenvalue weighted by Crippen LogP contribution is 2.17. The molecule has 0 saturated carbocycles. The molecular weight excluding hydrogens is 176 g/mol. The van der Waals surface area contributed by atoms with Gasteiger partial charge in [-0.2, -0.15) is 0 Å². The molecule has 0 aromatic heterocycles. The SMILES string of the molecule is CC(C)N1CCCC(C#CN=C=O)C1. The van der Waals surface area contributed by atoms with E-state index in [2.05, 4.69) is 35.7 Å². The normalized spacial score (nSPS) is 22.4. The summed E-state index contributed by atoms with van der Waals surface area (Å²) in [5.41, 5.74) is 0. The van der Waals surface area contributed by atoms with Crippen LogP contribution in [0.3, 0.4) is 0 Å². The van der Waals surface area contributed by atoms with Crippen molar-refractivity contribution in [3.63, 3.8) is 0 Å². The van der Waals surface area contributed by atoms with Crippen molar-refractivity contribution in [3.05, 3.63) is 0 Å². The third kappa shape index (κ3) is 3.33. The maximum Gasteiger partial charge on any atom is 0.249 e. The summed E-state index contributed by atoms with van der Waals surface area (Å²) in [6, 6.07) is 3.07. The summed E-state index contributed by atoms with van der Waals surface area (Å²) >= 11 is 0. The summed E-state index contributed by atoms with van der Waals surface area (Å²) in [6.45, 7) is 6.55. The molecular formula is C11H16N2O. The molecule has 0 spiro atoms. The van der Waals surface area contributed by atoms with E-state index in [1.54, 1.807) is 0 Å². The first kappa shape index (κ1) is 11.0. The minimum absolute atomic E-state index is 0.364. The lowest BCUT2D eigenvalue weighted by Crippen LogP contribution is -2.39. The van der Waals surface area contributed by atoms with E-state index in [1.807, 2.05) is 0 Å². The zero-order valence-corrected chi connectivity index (χ0v) is 8.79. The monoisotopic (exact) mass is 192 g/mol. The molecule has 1 aliphatic heterocycles. The van der Waals surface area contributed by atoms with Gasteiger partial charge >= 0.3 is 0 Å². The van der Waals surface area contributed by atoms with Crippen LogP contribution in [0.1, 0.15) is 26.7 Å². The Kier molecular flexibility index (Phi) is 4.39. The van der Waals surface area contributed by atoms with E-state index in [0.717, 1.165) is 19.5 Å². The van der Waals surface area contributed by atoms with Crippen molar-refractivity contribution in [3.8, 4) is 12.0 Å². The molecule has 1 rings (SSSR count). The van der Waals surface area contributed by atoms with Gasteiger partial charge in [0.1, 0.15) is 0 Å². The molecule has 0 aromatic rings. The largest absolute Gasteiger partial charge is 0.300 e. The average Bonchev–Trinajstić information content (AvgIpc) is 2.19. The number of isocyanates is 1. The molecule has 1 fully saturated rings. The van der Waals surface area contributed by atoms with Gasteiger partial charge in [0.05, 0.1) is 0 Å². The maximum atomic E-state index is 9.81. The number of likely N-dealkylation sites (tertiary alicyclic amines) is 1. The van der Waals surface area contributed by atoms with Gasteiger partial charge in [-0.3, -0.25) is 4.90 Å². The third-order valence-electron chi connectivity index (χ3n) is 2.55. The summed E-state index contributed by atoms with van der Waals surface area (Å²) in [5.74, 6) is 3.35. The lowest BCUT2D eigenvalue weighted by atomic mass is 9.98. The number of carbonyl (C=O) groups excluding carboxylic acids is 1. The summed E-state index contributed by atoms with van der Waals surface area (Å²) in [5, 5.41) is 0. The van der Waals surface area contributed by atoms with Crippen molar-refractivity contribution in [1.82, 2.24) is 4.90 Å². The van der Waals surface area contributed by atoms with Crippen molar-refractivity contribution < 1.29 is 4.79 Å². The van der Waals surface area contributed by atoms with Crippen molar-refractivity contribution in [2.45, 2.75) is 32.7 Å². The molecule has 0 aromatic carbocycles. The Morgan fingerprint density at radius 3 is 2.93 bits per heavy atom. The summed E-state index contributed by atoms with van der Waals surface area (Å²) in [7, 11) is 0. The Balaban J connectivity index is 2.49. The summed E-state index contributed by atoms with van der Waals surface area (Å²) < 4.78 is 0. The topological polar surface area (TPSA) is 32.7 Å². The second kappa shape index (κ2) is 5.59. The second-order valence-corrected chi connectivity index (χ2v) is 3.89. The molecule has 1 unspecified atom stereocenters. The van der Waals surface area contributed by atoms with Gasteiger partial charge in [0.2, 0.25) is 6.08 Å². The van der Waals surface area contributed by atoms with Crippen LogP contribution in [0.5, 0.6) is 0 Å². The molecule has 3 nitrogen and oxygen atoms in total. The van der Waals surface area contributed by atoms with E-state index in [-0.39, 0.29) is 0 Å². The molecule has 76 valence electrons. The zero-order valence-electron chi connectivity index (χ0n) is 8.79. The van der Waals surface area contributed by atoms with Crippen LogP contribution >= 0.6 is 0 Å². The van der Waals surface area contributed by atoms with Crippen molar-refractivity contribution in [2.24, 2.45) is 10.9 Å². The highest BCUT2D eigenvalue weighted by molar-refractivity contribution is 5.36. The Morgan fingerprint density at radius 2 is 2.29 bits per heavy atom. The van der Waals surface area contributed by atoms with Gasteiger partial charge in [-0.1, -0.05) is 5.92 Å². The number of hydrogen-bond donors (Lipinski definition) is 0. The molecule has 0 bridgehead atoms. The number of hydrogen-bond acceptors (Lipinski definition) is 3. The van der Waals surface area contributed by atoms with E-state index in [0.29, 0.717) is 12.0 Å². The Hall–Kier alpha value is -1.10. The summed E-state index contributed by atoms with van der Waals surface area (Å²) in [4.78, 5) is 15.5. The van der Waals surface area contributed by atoms with Crippen LogP contribution < -0.4 is 0 Å². The number of aliphatic imine (C=N–C) groups is 1. The van der Waals surface area contributed by atoms with Crippen molar-refractivity contribution >= 4 is 6.08 Å². The van der Waals surface area contributed by atoms with Gasteiger partial charge in [-0.05, 0) is 33.2 Å². The predicted molar refractivity (Wildman–Crippen MR) is 55.3 cm³/mol. The molecule has 0 radical (unpaired) electrons. The quantitative estimate of drug-likeness (QED) is 0.357. The van der Waals surface area contributed by atoms with E-state index in [9.17, 15) is 4.79 Å². The average molecular weight is 192 g/mol. The fourth-order valence-electron chi connectivity index (χ4n) is 1.74. The molecule has 1 atom stereocenters. The minimum Gasteiger partial charge on any atom is -0.300 e. The highest BCUT2D eigenvalue weighted by Gasteiger charge is 2.19. The van der Waals surface area contributed by atoms with Crippen molar-refractivity contribution in [2.75, 3.05) is 13.1 Å². The zero-order chi connectivity index (χ0) is 10.4. The molecule has 0 aliphatic carbocycles. The lowest BCUT2D eigenvalue weighted by molar-refractivity contribution is 0.161. The smallest absolute Gasteiger partial charge is 0.249 e. The van der Waals surface area contributed by atoms with Gasteiger partial charge in [0.15, 0.2) is 0 Å². The summed E-state index contributed by atoms with van der Waals surface area (Å²) in [6.07, 6.45) is 3.73. The van der Waals surface area contributed by atoms with Crippen LogP contribution in [0.2, 0.25) is 0 Å². The molecule has 0 N–H and O–H groups in total. The van der Waals surface area contributed by atoms with Crippen LogP contribution in [-0.2, 0) is 4.79 Å². The van der Waals surface area contributed by atoms with Gasteiger partial charge in [0.25, 0.3) is 0 Å². The van der Waals surface area contributed by atoms with Gasteiger partial charge < -0.3 is 0 Å². The number of rotatable bonds is 1. The highest BCUT2D eigenvalue weighted by atomic mass is 16.1. The van der Waals surface area contributed by atoms with E-state index < -0.39 is 0 Å². The van der Waals surface area contributed by atoms with Crippen LogP contribution in [-0.4, -0.2) is 30.1 Å². The van der Waals surface area contributed by atoms with Crippen LogP contribution in [0.25, 0.3) is 0 Å². The van der Waals surface area contributed by atoms with Crippen LogP contribution in [0.4, 0.5) is 0 Å². The molecule has 1 aliphatic rings. The Morgan fingerprint density at radius 1 is 1.50 bits per heavy atom. The first-order valence-electron chi connectivity index (χ1n) is 5.05. The van der Waals surface area contributed by atoms with Gasteiger partial charge in [-0.25, -0.2) is 4.79 Å². The van der Waals surface area contributed by atoms with Crippen LogP contribution in [0.15, 0.2) is 4.99 Å². The maximum absolute atomic E-state index is 9.81. The number of nitrogens with zero attached hydrogens (tertiary/aromatic N) is 2. The Bertz CT molecular complexity index is 281. The second-order valence-electron chi connectivity index (χ2n) is 3.89. The number of piperidine rings is 1. The van der Waals surface area contributed by atoms with Crippen molar-refractivity contribution in [1.29, 1.82) is 0 Å². The molecule has 1 heterocycles. The Labute approximate surface area is 85.2 Å². The fraction of sp³-hybridized carbons (Fsp3) is 0.727. The lowest BCUT2D eigenvalue weighted by Gasteiger charge is -2.33. The molecule has 0 amide bonds. The first-order chi connectivity index (χ1) is 6.74. The first-order valence-corrected chi connectivity index (χ1v) is 5.05. The molecule has 1 saturated heterocycles. The molecule has 14 heavy (non-hydrogen) atoms. The fourth-order valence-corrected chi connectivity index (χ4v) is 1.74. The van der Waals surface area contributed by atoms with Crippen LogP contribution in [0, 0.1) is 17.9 Å². The molecule has 3 heteroatoms. The standard InChI is InChI=1S/C11H16N2O/c1-10(2)13-7-3-4-11(8-13)5-6-12-9-14/h10-11H,3-4,7-8H2,1-2H3. The van der Waals surface area contributed by atoms with Gasteiger partial charge in [0, 0.05) is 24.5 Å². The predicted octanol–water partition coefficient (Wildman–Crippen LogP) is 1.40. The minimum atomic E-state index is 0.364. The van der Waals surface area contributed by atoms with E-state index in [1.165, 1.54) is 12.5 Å². The van der Waals surface area contributed by atoms with E-state index >= 15 is 0 Å². The van der Waals surface area contributed by atoms with Gasteiger partial charge in [-0.15, -0.1) is 4.99 Å². The van der Waals surface area contributed by atoms with E-state index in [4.69, 9.17) is 0 Å².